The van der Waals surface area contributed by atoms with Crippen molar-refractivity contribution in [3.63, 3.8) is 0 Å². The third kappa shape index (κ3) is 4.79. The SMILES string of the molecule is O=C(CSc1cccc(Br)c1)Cc1ccccc1Br. The highest BCUT2D eigenvalue weighted by molar-refractivity contribution is 9.10. The fourth-order valence-electron chi connectivity index (χ4n) is 1.63. The molecule has 0 bridgehead atoms. The van der Waals surface area contributed by atoms with Gasteiger partial charge < -0.3 is 0 Å². The first-order valence-corrected chi connectivity index (χ1v) is 8.36. The summed E-state index contributed by atoms with van der Waals surface area (Å²) in [7, 11) is 0. The molecule has 0 saturated carbocycles. The van der Waals surface area contributed by atoms with Crippen LogP contribution in [0.15, 0.2) is 62.4 Å². The standard InChI is InChI=1S/C15H12Br2OS/c16-12-5-3-6-14(9-12)19-10-13(18)8-11-4-1-2-7-15(11)17/h1-7,9H,8,10H2. The van der Waals surface area contributed by atoms with Crippen LogP contribution in [-0.2, 0) is 11.2 Å². The zero-order valence-electron chi connectivity index (χ0n) is 10.1. The predicted octanol–water partition coefficient (Wildman–Crippen LogP) is 5.12. The molecule has 19 heavy (non-hydrogen) atoms. The summed E-state index contributed by atoms with van der Waals surface area (Å²) >= 11 is 8.47. The minimum atomic E-state index is 0.233. The molecule has 4 heteroatoms. The summed E-state index contributed by atoms with van der Waals surface area (Å²) < 4.78 is 2.03. The molecule has 0 aliphatic heterocycles. The Morgan fingerprint density at radius 2 is 1.84 bits per heavy atom. The predicted molar refractivity (Wildman–Crippen MR) is 87.7 cm³/mol. The first-order valence-electron chi connectivity index (χ1n) is 5.78. The summed E-state index contributed by atoms with van der Waals surface area (Å²) in [4.78, 5) is 13.1. The highest BCUT2D eigenvalue weighted by Gasteiger charge is 2.07. The van der Waals surface area contributed by atoms with Crippen LogP contribution >= 0.6 is 43.6 Å². The molecule has 0 fully saturated rings. The summed E-state index contributed by atoms with van der Waals surface area (Å²) in [5.41, 5.74) is 1.04. The van der Waals surface area contributed by atoms with Gasteiger partial charge in [0.2, 0.25) is 0 Å². The molecule has 0 aliphatic carbocycles. The maximum Gasteiger partial charge on any atom is 0.147 e. The maximum absolute atomic E-state index is 12.0. The number of benzene rings is 2. The average Bonchev–Trinajstić information content (AvgIpc) is 2.39. The number of hydrogen-bond acceptors (Lipinski definition) is 2. The summed E-state index contributed by atoms with van der Waals surface area (Å²) in [6, 6.07) is 15.8. The van der Waals surface area contributed by atoms with Gasteiger partial charge in [-0.3, -0.25) is 4.79 Å². The van der Waals surface area contributed by atoms with E-state index in [1.165, 1.54) is 0 Å². The molecular weight excluding hydrogens is 388 g/mol. The fraction of sp³-hybridized carbons (Fsp3) is 0.133. The second-order valence-electron chi connectivity index (χ2n) is 4.05. The van der Waals surface area contributed by atoms with E-state index in [1.807, 2.05) is 48.5 Å². The summed E-state index contributed by atoms with van der Waals surface area (Å²) in [6.45, 7) is 0. The number of hydrogen-bond donors (Lipinski definition) is 0. The van der Waals surface area contributed by atoms with E-state index in [0.29, 0.717) is 12.2 Å². The lowest BCUT2D eigenvalue weighted by Crippen LogP contribution is -2.06. The molecular formula is C15H12Br2OS. The van der Waals surface area contributed by atoms with Gasteiger partial charge in [-0.15, -0.1) is 11.8 Å². The van der Waals surface area contributed by atoms with Crippen LogP contribution in [0.1, 0.15) is 5.56 Å². The van der Waals surface area contributed by atoms with Crippen molar-refractivity contribution in [2.24, 2.45) is 0 Å². The van der Waals surface area contributed by atoms with Crippen molar-refractivity contribution < 1.29 is 4.79 Å². The Labute approximate surface area is 134 Å². The molecule has 2 aromatic rings. The van der Waals surface area contributed by atoms with Gasteiger partial charge in [0, 0.05) is 20.3 Å². The van der Waals surface area contributed by atoms with E-state index in [-0.39, 0.29) is 5.78 Å². The van der Waals surface area contributed by atoms with Gasteiger partial charge in [0.25, 0.3) is 0 Å². The molecule has 0 aliphatic rings. The van der Waals surface area contributed by atoms with Crippen LogP contribution in [0, 0.1) is 0 Å². The molecule has 0 heterocycles. The lowest BCUT2D eigenvalue weighted by molar-refractivity contribution is -0.116. The van der Waals surface area contributed by atoms with Crippen molar-refractivity contribution in [2.75, 3.05) is 5.75 Å². The first-order chi connectivity index (χ1) is 9.15. The van der Waals surface area contributed by atoms with Crippen LogP contribution in [0.2, 0.25) is 0 Å². The van der Waals surface area contributed by atoms with E-state index in [0.717, 1.165) is 19.4 Å². The van der Waals surface area contributed by atoms with Crippen molar-refractivity contribution in [2.45, 2.75) is 11.3 Å². The minimum absolute atomic E-state index is 0.233. The summed E-state index contributed by atoms with van der Waals surface area (Å²) in [5, 5.41) is 0. The van der Waals surface area contributed by atoms with E-state index in [9.17, 15) is 4.79 Å². The molecule has 0 spiro atoms. The Morgan fingerprint density at radius 3 is 2.58 bits per heavy atom. The number of carbonyl (C=O) groups excluding carboxylic acids is 1. The van der Waals surface area contributed by atoms with E-state index in [4.69, 9.17) is 0 Å². The van der Waals surface area contributed by atoms with E-state index in [2.05, 4.69) is 31.9 Å². The van der Waals surface area contributed by atoms with Gasteiger partial charge in [-0.1, -0.05) is 56.1 Å². The van der Waals surface area contributed by atoms with Crippen LogP contribution in [0.5, 0.6) is 0 Å². The quantitative estimate of drug-likeness (QED) is 0.649. The van der Waals surface area contributed by atoms with Crippen LogP contribution in [0.25, 0.3) is 0 Å². The average molecular weight is 400 g/mol. The maximum atomic E-state index is 12.0. The van der Waals surface area contributed by atoms with E-state index < -0.39 is 0 Å². The topological polar surface area (TPSA) is 17.1 Å². The molecule has 0 amide bonds. The summed E-state index contributed by atoms with van der Waals surface area (Å²) in [5.74, 6) is 0.731. The van der Waals surface area contributed by atoms with E-state index >= 15 is 0 Å². The normalized spacial score (nSPS) is 10.4. The number of halogens is 2. The van der Waals surface area contributed by atoms with Crippen LogP contribution in [-0.4, -0.2) is 11.5 Å². The van der Waals surface area contributed by atoms with Gasteiger partial charge >= 0.3 is 0 Å². The minimum Gasteiger partial charge on any atom is -0.298 e. The zero-order chi connectivity index (χ0) is 13.7. The van der Waals surface area contributed by atoms with Gasteiger partial charge in [-0.2, -0.15) is 0 Å². The Kier molecular flexibility index (Phi) is 5.67. The molecule has 0 unspecified atom stereocenters. The molecule has 0 N–H and O–H groups in total. The van der Waals surface area contributed by atoms with Gasteiger partial charge in [0.15, 0.2) is 0 Å². The summed E-state index contributed by atoms with van der Waals surface area (Å²) in [6.07, 6.45) is 0.475. The smallest absolute Gasteiger partial charge is 0.147 e. The lowest BCUT2D eigenvalue weighted by atomic mass is 10.1. The number of rotatable bonds is 5. The second-order valence-corrected chi connectivity index (χ2v) is 6.87. The Hall–Kier alpha value is -0.580. The molecule has 0 radical (unpaired) electrons. The highest BCUT2D eigenvalue weighted by Crippen LogP contribution is 2.23. The van der Waals surface area contributed by atoms with Crippen molar-refractivity contribution in [1.29, 1.82) is 0 Å². The van der Waals surface area contributed by atoms with Crippen LogP contribution in [0.3, 0.4) is 0 Å². The molecule has 98 valence electrons. The number of carbonyl (C=O) groups is 1. The van der Waals surface area contributed by atoms with Crippen LogP contribution < -0.4 is 0 Å². The van der Waals surface area contributed by atoms with Gasteiger partial charge in [-0.25, -0.2) is 0 Å². The molecule has 2 aromatic carbocycles. The molecule has 0 aromatic heterocycles. The van der Waals surface area contributed by atoms with Crippen LogP contribution in [0.4, 0.5) is 0 Å². The van der Waals surface area contributed by atoms with Gasteiger partial charge in [0.1, 0.15) is 5.78 Å². The van der Waals surface area contributed by atoms with Crippen molar-refractivity contribution in [1.82, 2.24) is 0 Å². The third-order valence-electron chi connectivity index (χ3n) is 2.54. The van der Waals surface area contributed by atoms with E-state index in [1.54, 1.807) is 11.8 Å². The largest absolute Gasteiger partial charge is 0.298 e. The lowest BCUT2D eigenvalue weighted by Gasteiger charge is -2.04. The van der Waals surface area contributed by atoms with Crippen molar-refractivity contribution in [3.8, 4) is 0 Å². The van der Waals surface area contributed by atoms with Crippen molar-refractivity contribution in [3.05, 3.63) is 63.0 Å². The molecule has 0 atom stereocenters. The van der Waals surface area contributed by atoms with Gasteiger partial charge in [0.05, 0.1) is 5.75 Å². The third-order valence-corrected chi connectivity index (χ3v) is 4.86. The fourth-order valence-corrected chi connectivity index (χ4v) is 3.42. The first kappa shape index (κ1) is 14.8. The number of thioether (sulfide) groups is 1. The monoisotopic (exact) mass is 398 g/mol. The Balaban J connectivity index is 1.90. The zero-order valence-corrected chi connectivity index (χ0v) is 14.1. The Bertz CT molecular complexity index is 584. The molecule has 2 rings (SSSR count). The second kappa shape index (κ2) is 7.27. The Morgan fingerprint density at radius 1 is 1.05 bits per heavy atom. The number of Topliss-reactive ketones (excluding diaryl/α,β-unsaturated/α-hetero) is 1. The van der Waals surface area contributed by atoms with Crippen molar-refractivity contribution >= 4 is 49.4 Å². The van der Waals surface area contributed by atoms with Gasteiger partial charge in [-0.05, 0) is 29.8 Å². The molecule has 1 nitrogen and oxygen atoms in total. The molecule has 0 saturated heterocycles. The number of ketones is 1. The highest BCUT2D eigenvalue weighted by atomic mass is 79.9.